The van der Waals surface area contributed by atoms with Gasteiger partial charge in [0, 0.05) is 42.7 Å². The molecule has 0 amide bonds. The average molecular weight is 625 g/mol. The normalized spacial score (nSPS) is 20.8. The first-order chi connectivity index (χ1) is 18.4. The molecule has 0 radical (unpaired) electrons. The fraction of sp³-hybridized carbons (Fsp3) is 0.0938. The lowest BCUT2D eigenvalue weighted by atomic mass is 9.58. The average Bonchev–Trinajstić information content (AvgIpc) is 3.34. The zero-order chi connectivity index (χ0) is 26.2. The van der Waals surface area contributed by atoms with Crippen LogP contribution in [0.2, 0.25) is 0 Å². The molecule has 38 heavy (non-hydrogen) atoms. The van der Waals surface area contributed by atoms with Gasteiger partial charge in [-0.2, -0.15) is 0 Å². The number of nitrogens with one attached hydrogen (secondary N) is 1. The predicted octanol–water partition coefficient (Wildman–Crippen LogP) is 7.31. The summed E-state index contributed by atoms with van der Waals surface area (Å²) in [5.74, 6) is -1.46. The molecule has 7 rings (SSSR count). The second-order valence-corrected chi connectivity index (χ2v) is 11.7. The Morgan fingerprint density at radius 2 is 1.05 bits per heavy atom. The lowest BCUT2D eigenvalue weighted by molar-refractivity contribution is 0.0583. The fourth-order valence-electron chi connectivity index (χ4n) is 6.42. The molecule has 6 heteroatoms. The number of carbonyl (C=O) groups excluding carboxylic acids is 3. The van der Waals surface area contributed by atoms with Gasteiger partial charge in [0.15, 0.2) is 17.3 Å². The van der Waals surface area contributed by atoms with Crippen molar-refractivity contribution in [3.8, 4) is 0 Å². The van der Waals surface area contributed by atoms with Gasteiger partial charge in [-0.3, -0.25) is 14.4 Å². The Bertz CT molecular complexity index is 1690. The van der Waals surface area contributed by atoms with Crippen LogP contribution < -0.4 is 5.32 Å². The number of ketones is 3. The van der Waals surface area contributed by atoms with Crippen LogP contribution in [0.15, 0.2) is 112 Å². The minimum Gasteiger partial charge on any atom is -0.376 e. The highest BCUT2D eigenvalue weighted by Gasteiger charge is 2.67. The zero-order valence-electron chi connectivity index (χ0n) is 19.9. The SMILES string of the molecule is O=C1C2=C(NC(c3ccc(Br)cc3)C3(C(=O)c4ccccc4C3=O)C2c2ccc(Br)cc2)c2ccccc21. The molecule has 4 nitrogen and oxygen atoms in total. The number of benzene rings is 4. The highest BCUT2D eigenvalue weighted by molar-refractivity contribution is 9.10. The van der Waals surface area contributed by atoms with Gasteiger partial charge < -0.3 is 5.32 Å². The van der Waals surface area contributed by atoms with Gasteiger partial charge in [0.1, 0.15) is 5.41 Å². The highest BCUT2D eigenvalue weighted by Crippen LogP contribution is 2.62. The standard InChI is InChI=1S/C32H19Br2NO3/c33-19-13-9-17(10-14-19)26-25-27(21-5-1-2-6-22(21)28(25)36)35-29(18-11-15-20(34)16-12-18)32(26)30(37)23-7-3-4-8-24(23)31(32)38/h1-16,26,29,35H. The first kappa shape index (κ1) is 23.5. The van der Waals surface area contributed by atoms with E-state index >= 15 is 0 Å². The van der Waals surface area contributed by atoms with E-state index in [-0.39, 0.29) is 17.3 Å². The van der Waals surface area contributed by atoms with Crippen molar-refractivity contribution < 1.29 is 14.4 Å². The molecule has 2 atom stereocenters. The van der Waals surface area contributed by atoms with Crippen molar-refractivity contribution >= 4 is 54.9 Å². The van der Waals surface area contributed by atoms with E-state index in [2.05, 4.69) is 37.2 Å². The molecule has 0 saturated carbocycles. The molecule has 4 aromatic rings. The van der Waals surface area contributed by atoms with Crippen LogP contribution in [0.4, 0.5) is 0 Å². The third kappa shape index (κ3) is 3.04. The molecule has 1 spiro atoms. The Morgan fingerprint density at radius 3 is 1.61 bits per heavy atom. The van der Waals surface area contributed by atoms with Gasteiger partial charge in [-0.15, -0.1) is 0 Å². The first-order valence-electron chi connectivity index (χ1n) is 12.3. The van der Waals surface area contributed by atoms with Crippen LogP contribution in [-0.2, 0) is 0 Å². The molecular formula is C32H19Br2NO3. The lowest BCUT2D eigenvalue weighted by Crippen LogP contribution is -2.53. The summed E-state index contributed by atoms with van der Waals surface area (Å²) in [6.07, 6.45) is 0. The van der Waals surface area contributed by atoms with Crippen molar-refractivity contribution in [1.29, 1.82) is 0 Å². The van der Waals surface area contributed by atoms with Gasteiger partial charge in [-0.05, 0) is 35.4 Å². The second kappa shape index (κ2) is 8.45. The topological polar surface area (TPSA) is 63.2 Å². The summed E-state index contributed by atoms with van der Waals surface area (Å²) in [6.45, 7) is 0. The number of hydrogen-bond donors (Lipinski definition) is 1. The smallest absolute Gasteiger partial charge is 0.192 e. The minimum atomic E-state index is -1.58. The van der Waals surface area contributed by atoms with Crippen LogP contribution in [0.1, 0.15) is 59.7 Å². The molecule has 1 aliphatic heterocycles. The van der Waals surface area contributed by atoms with Crippen LogP contribution in [0.3, 0.4) is 0 Å². The molecule has 0 saturated heterocycles. The number of fused-ring (bicyclic) bond motifs is 3. The maximum absolute atomic E-state index is 14.6. The maximum atomic E-state index is 14.6. The van der Waals surface area contributed by atoms with E-state index < -0.39 is 17.4 Å². The number of hydrogen-bond acceptors (Lipinski definition) is 4. The molecule has 2 aliphatic carbocycles. The van der Waals surface area contributed by atoms with E-state index in [0.29, 0.717) is 28.0 Å². The molecule has 0 aromatic heterocycles. The summed E-state index contributed by atoms with van der Waals surface area (Å²) < 4.78 is 1.76. The number of halogens is 2. The predicted molar refractivity (Wildman–Crippen MR) is 152 cm³/mol. The van der Waals surface area contributed by atoms with Crippen LogP contribution >= 0.6 is 31.9 Å². The van der Waals surface area contributed by atoms with E-state index in [1.54, 1.807) is 24.3 Å². The molecule has 1 heterocycles. The van der Waals surface area contributed by atoms with Crippen molar-refractivity contribution in [2.75, 3.05) is 0 Å². The minimum absolute atomic E-state index is 0.152. The molecule has 4 aromatic carbocycles. The third-order valence-electron chi connectivity index (χ3n) is 8.02. The Morgan fingerprint density at radius 1 is 0.579 bits per heavy atom. The van der Waals surface area contributed by atoms with Crippen molar-refractivity contribution in [2.24, 2.45) is 5.41 Å². The van der Waals surface area contributed by atoms with Gasteiger partial charge in [0.25, 0.3) is 0 Å². The Labute approximate surface area is 236 Å². The highest BCUT2D eigenvalue weighted by atomic mass is 79.9. The number of rotatable bonds is 2. The van der Waals surface area contributed by atoms with E-state index in [1.165, 1.54) is 0 Å². The summed E-state index contributed by atoms with van der Waals surface area (Å²) in [5, 5.41) is 3.57. The summed E-state index contributed by atoms with van der Waals surface area (Å²) >= 11 is 7.02. The lowest BCUT2D eigenvalue weighted by Gasteiger charge is -2.46. The Hall–Kier alpha value is -3.61. The van der Waals surface area contributed by atoms with Crippen LogP contribution in [0.5, 0.6) is 0 Å². The van der Waals surface area contributed by atoms with Gasteiger partial charge >= 0.3 is 0 Å². The van der Waals surface area contributed by atoms with E-state index in [0.717, 1.165) is 25.6 Å². The molecule has 3 aliphatic rings. The van der Waals surface area contributed by atoms with E-state index in [1.807, 2.05) is 72.8 Å². The molecule has 184 valence electrons. The molecule has 0 fully saturated rings. The Kier molecular flexibility index (Phi) is 5.23. The Balaban J connectivity index is 1.59. The van der Waals surface area contributed by atoms with Crippen LogP contribution in [-0.4, -0.2) is 17.3 Å². The molecule has 2 unspecified atom stereocenters. The fourth-order valence-corrected chi connectivity index (χ4v) is 6.95. The number of carbonyl (C=O) groups is 3. The van der Waals surface area contributed by atoms with E-state index in [9.17, 15) is 14.4 Å². The van der Waals surface area contributed by atoms with Crippen molar-refractivity contribution in [3.05, 3.63) is 145 Å². The van der Waals surface area contributed by atoms with Gasteiger partial charge in [0.05, 0.1) is 11.7 Å². The monoisotopic (exact) mass is 623 g/mol. The second-order valence-electron chi connectivity index (χ2n) is 9.85. The molecule has 1 N–H and O–H groups in total. The van der Waals surface area contributed by atoms with Crippen molar-refractivity contribution in [3.63, 3.8) is 0 Å². The summed E-state index contributed by atoms with van der Waals surface area (Å²) in [7, 11) is 0. The summed E-state index contributed by atoms with van der Waals surface area (Å²) in [6, 6.07) is 29.1. The summed E-state index contributed by atoms with van der Waals surface area (Å²) in [5.41, 5.74) is 3.29. The number of allylic oxidation sites excluding steroid dienone is 1. The number of Topliss-reactive ketones (excluding diaryl/α,β-unsaturated/α-hetero) is 3. The zero-order valence-corrected chi connectivity index (χ0v) is 23.0. The van der Waals surface area contributed by atoms with Crippen molar-refractivity contribution in [2.45, 2.75) is 12.0 Å². The quantitative estimate of drug-likeness (QED) is 0.238. The summed E-state index contributed by atoms with van der Waals surface area (Å²) in [4.78, 5) is 43.3. The molecule has 0 bridgehead atoms. The van der Waals surface area contributed by atoms with Gasteiger partial charge in [-0.25, -0.2) is 0 Å². The van der Waals surface area contributed by atoms with Crippen molar-refractivity contribution in [1.82, 2.24) is 5.32 Å². The van der Waals surface area contributed by atoms with Crippen LogP contribution in [0.25, 0.3) is 5.70 Å². The third-order valence-corrected chi connectivity index (χ3v) is 9.07. The van der Waals surface area contributed by atoms with E-state index in [4.69, 9.17) is 0 Å². The van der Waals surface area contributed by atoms with Gasteiger partial charge in [0.2, 0.25) is 0 Å². The van der Waals surface area contributed by atoms with Crippen LogP contribution in [0, 0.1) is 5.41 Å². The van der Waals surface area contributed by atoms with Gasteiger partial charge in [-0.1, -0.05) is 105 Å². The maximum Gasteiger partial charge on any atom is 0.192 e. The first-order valence-corrected chi connectivity index (χ1v) is 13.9. The molecular weight excluding hydrogens is 606 g/mol. The largest absolute Gasteiger partial charge is 0.376 e.